The van der Waals surface area contributed by atoms with Crippen molar-refractivity contribution in [2.45, 2.75) is 19.6 Å². The Bertz CT molecular complexity index is 1000. The van der Waals surface area contributed by atoms with Crippen LogP contribution in [0.1, 0.15) is 22.2 Å². The number of thiophene rings is 1. The van der Waals surface area contributed by atoms with E-state index in [1.165, 1.54) is 35.3 Å². The Morgan fingerprint density at radius 3 is 2.67 bits per heavy atom. The molecule has 1 atom stereocenters. The molecule has 0 fully saturated rings. The second-order valence-electron chi connectivity index (χ2n) is 6.11. The van der Waals surface area contributed by atoms with Gasteiger partial charge in [-0.25, -0.2) is 9.18 Å². The van der Waals surface area contributed by atoms with Crippen LogP contribution in [0.25, 0.3) is 10.1 Å². The van der Waals surface area contributed by atoms with Gasteiger partial charge >= 0.3 is 5.97 Å². The van der Waals surface area contributed by atoms with Gasteiger partial charge in [0.25, 0.3) is 5.91 Å². The minimum Gasteiger partial charge on any atom is -0.448 e. The topological polar surface area (TPSA) is 46.6 Å². The lowest BCUT2D eigenvalue weighted by molar-refractivity contribution is -0.139. The third-order valence-corrected chi connectivity index (χ3v) is 5.69. The van der Waals surface area contributed by atoms with Crippen molar-refractivity contribution in [1.29, 1.82) is 0 Å². The van der Waals surface area contributed by atoms with Gasteiger partial charge in [0.15, 0.2) is 6.10 Å². The van der Waals surface area contributed by atoms with Crippen LogP contribution in [0.2, 0.25) is 5.02 Å². The number of hydrogen-bond donors (Lipinski definition) is 0. The Morgan fingerprint density at radius 2 is 1.96 bits per heavy atom. The molecule has 0 spiro atoms. The van der Waals surface area contributed by atoms with E-state index in [0.29, 0.717) is 10.6 Å². The molecule has 2 aromatic carbocycles. The molecule has 3 aromatic rings. The van der Waals surface area contributed by atoms with E-state index < -0.39 is 12.1 Å². The van der Waals surface area contributed by atoms with Crippen molar-refractivity contribution in [3.05, 3.63) is 69.8 Å². The molecule has 140 valence electrons. The maximum atomic E-state index is 13.3. The summed E-state index contributed by atoms with van der Waals surface area (Å²) in [6, 6.07) is 13.4. The van der Waals surface area contributed by atoms with Crippen molar-refractivity contribution in [1.82, 2.24) is 4.90 Å². The lowest BCUT2D eigenvalue weighted by Crippen LogP contribution is -2.37. The van der Waals surface area contributed by atoms with Gasteiger partial charge in [-0.3, -0.25) is 4.79 Å². The molecule has 1 heterocycles. The molecule has 0 saturated carbocycles. The van der Waals surface area contributed by atoms with Crippen LogP contribution in [-0.4, -0.2) is 29.9 Å². The van der Waals surface area contributed by atoms with Crippen molar-refractivity contribution in [3.8, 4) is 0 Å². The Balaban J connectivity index is 1.68. The highest BCUT2D eigenvalue weighted by Gasteiger charge is 2.25. The van der Waals surface area contributed by atoms with Gasteiger partial charge in [-0.05, 0) is 30.7 Å². The first kappa shape index (κ1) is 19.3. The number of benzene rings is 2. The number of halogens is 2. The molecule has 27 heavy (non-hydrogen) atoms. The van der Waals surface area contributed by atoms with Gasteiger partial charge in [0.2, 0.25) is 0 Å². The maximum absolute atomic E-state index is 13.3. The number of hydrogen-bond acceptors (Lipinski definition) is 4. The molecular formula is C20H17ClFNO3S. The van der Waals surface area contributed by atoms with Crippen LogP contribution in [0.5, 0.6) is 0 Å². The molecule has 7 heteroatoms. The predicted molar refractivity (Wildman–Crippen MR) is 105 cm³/mol. The van der Waals surface area contributed by atoms with Gasteiger partial charge in [0.05, 0.1) is 5.02 Å². The highest BCUT2D eigenvalue weighted by Crippen LogP contribution is 2.35. The first-order chi connectivity index (χ1) is 12.9. The number of amides is 1. The fourth-order valence-electron chi connectivity index (χ4n) is 2.71. The largest absolute Gasteiger partial charge is 0.448 e. The van der Waals surface area contributed by atoms with Gasteiger partial charge in [-0.15, -0.1) is 11.3 Å². The molecule has 0 N–H and O–H groups in total. The first-order valence-corrected chi connectivity index (χ1v) is 9.43. The minimum atomic E-state index is -0.989. The molecule has 0 aliphatic carbocycles. The van der Waals surface area contributed by atoms with Crippen LogP contribution < -0.4 is 0 Å². The first-order valence-electron chi connectivity index (χ1n) is 8.24. The number of esters is 1. The van der Waals surface area contributed by atoms with Crippen molar-refractivity contribution >= 4 is 44.9 Å². The molecule has 0 radical (unpaired) electrons. The van der Waals surface area contributed by atoms with Gasteiger partial charge in [0, 0.05) is 23.7 Å². The second kappa shape index (κ2) is 8.06. The highest BCUT2D eigenvalue weighted by atomic mass is 35.5. The van der Waals surface area contributed by atoms with Crippen LogP contribution in [0.15, 0.2) is 48.5 Å². The Morgan fingerprint density at radius 1 is 1.22 bits per heavy atom. The Kier molecular flexibility index (Phi) is 5.77. The van der Waals surface area contributed by atoms with E-state index >= 15 is 0 Å². The maximum Gasteiger partial charge on any atom is 0.350 e. The van der Waals surface area contributed by atoms with E-state index in [1.54, 1.807) is 19.2 Å². The predicted octanol–water partition coefficient (Wildman–Crippen LogP) is 4.90. The number of carbonyl (C=O) groups excluding carboxylic acids is 2. The Hall–Kier alpha value is -2.44. The van der Waals surface area contributed by atoms with Gasteiger partial charge < -0.3 is 9.64 Å². The molecule has 0 aliphatic heterocycles. The fourth-order valence-corrected chi connectivity index (χ4v) is 4.10. The average molecular weight is 406 g/mol. The van der Waals surface area contributed by atoms with E-state index in [0.717, 1.165) is 10.1 Å². The third-order valence-electron chi connectivity index (χ3n) is 4.04. The summed E-state index contributed by atoms with van der Waals surface area (Å²) in [4.78, 5) is 26.6. The molecular weight excluding hydrogens is 389 g/mol. The smallest absolute Gasteiger partial charge is 0.350 e. The van der Waals surface area contributed by atoms with Crippen LogP contribution >= 0.6 is 22.9 Å². The van der Waals surface area contributed by atoms with Crippen LogP contribution in [-0.2, 0) is 16.1 Å². The van der Waals surface area contributed by atoms with E-state index in [2.05, 4.69) is 0 Å². The van der Waals surface area contributed by atoms with Crippen LogP contribution in [0.4, 0.5) is 4.39 Å². The lowest BCUT2D eigenvalue weighted by Gasteiger charge is -2.21. The van der Waals surface area contributed by atoms with Crippen molar-refractivity contribution in [3.63, 3.8) is 0 Å². The molecule has 1 amide bonds. The van der Waals surface area contributed by atoms with E-state index in [1.807, 2.05) is 24.3 Å². The summed E-state index contributed by atoms with van der Waals surface area (Å²) in [5.41, 5.74) is 0.650. The zero-order valence-corrected chi connectivity index (χ0v) is 16.3. The fraction of sp³-hybridized carbons (Fsp3) is 0.200. The summed E-state index contributed by atoms with van der Waals surface area (Å²) in [7, 11) is 1.57. The third kappa shape index (κ3) is 4.28. The van der Waals surface area contributed by atoms with Crippen molar-refractivity contribution in [2.75, 3.05) is 7.05 Å². The molecule has 3 rings (SSSR count). The number of rotatable bonds is 5. The molecule has 0 saturated heterocycles. The second-order valence-corrected chi connectivity index (χ2v) is 7.54. The monoisotopic (exact) mass is 405 g/mol. The summed E-state index contributed by atoms with van der Waals surface area (Å²) < 4.78 is 19.5. The zero-order valence-electron chi connectivity index (χ0n) is 14.7. The summed E-state index contributed by atoms with van der Waals surface area (Å²) in [6.07, 6.45) is -0.989. The summed E-state index contributed by atoms with van der Waals surface area (Å²) >= 11 is 7.50. The number of likely N-dealkylation sites (N-methyl/N-ethyl adjacent to an activating group) is 1. The summed E-state index contributed by atoms with van der Waals surface area (Å²) in [5.74, 6) is -1.39. The van der Waals surface area contributed by atoms with E-state index in [-0.39, 0.29) is 23.1 Å². The molecule has 4 nitrogen and oxygen atoms in total. The van der Waals surface area contributed by atoms with Crippen LogP contribution in [0.3, 0.4) is 0 Å². The quantitative estimate of drug-likeness (QED) is 0.567. The average Bonchev–Trinajstić information content (AvgIpc) is 2.98. The minimum absolute atomic E-state index is 0.210. The normalized spacial score (nSPS) is 12.0. The number of nitrogens with zero attached hydrogens (tertiary/aromatic N) is 1. The number of ether oxygens (including phenoxy) is 1. The molecule has 0 unspecified atom stereocenters. The van der Waals surface area contributed by atoms with E-state index in [4.69, 9.17) is 16.3 Å². The molecule has 0 bridgehead atoms. The Labute approximate surface area is 165 Å². The lowest BCUT2D eigenvalue weighted by atomic mass is 10.2. The number of carbonyl (C=O) groups is 2. The number of fused-ring (bicyclic) bond motifs is 1. The van der Waals surface area contributed by atoms with Crippen LogP contribution in [0, 0.1) is 5.82 Å². The summed E-state index contributed by atoms with van der Waals surface area (Å²) in [6.45, 7) is 1.71. The van der Waals surface area contributed by atoms with Gasteiger partial charge in [-0.2, -0.15) is 0 Å². The SMILES string of the molecule is C[C@@H](OC(=O)c1sc2ccccc2c1Cl)C(=O)N(C)Cc1cccc(F)c1. The summed E-state index contributed by atoms with van der Waals surface area (Å²) in [5, 5.41) is 1.10. The standard InChI is InChI=1S/C20H17ClFNO3S/c1-12(19(24)23(2)11-13-6-5-7-14(22)10-13)26-20(25)18-17(21)15-8-3-4-9-16(15)27-18/h3-10,12H,11H2,1-2H3/t12-/m1/s1. The highest BCUT2D eigenvalue weighted by molar-refractivity contribution is 7.21. The zero-order chi connectivity index (χ0) is 19.6. The van der Waals surface area contributed by atoms with Gasteiger partial charge in [-0.1, -0.05) is 41.9 Å². The van der Waals surface area contributed by atoms with Gasteiger partial charge in [0.1, 0.15) is 10.7 Å². The molecule has 0 aliphatic rings. The molecule has 1 aromatic heterocycles. The van der Waals surface area contributed by atoms with Crippen molar-refractivity contribution < 1.29 is 18.7 Å². The van der Waals surface area contributed by atoms with Crippen molar-refractivity contribution in [2.24, 2.45) is 0 Å². The van der Waals surface area contributed by atoms with E-state index in [9.17, 15) is 14.0 Å².